The summed E-state index contributed by atoms with van der Waals surface area (Å²) in [6, 6.07) is 4.96. The number of hydrogen-bond donors (Lipinski definition) is 1. The van der Waals surface area contributed by atoms with Crippen LogP contribution in [-0.2, 0) is 19.1 Å². The predicted octanol–water partition coefficient (Wildman–Crippen LogP) is 2.00. The van der Waals surface area contributed by atoms with Gasteiger partial charge in [-0.3, -0.25) is 19.7 Å². The van der Waals surface area contributed by atoms with Gasteiger partial charge in [0.1, 0.15) is 23.2 Å². The second kappa shape index (κ2) is 9.65. The molecular formula is C22H25N3O7. The Morgan fingerprint density at radius 2 is 1.50 bits per heavy atom. The standard InChI is InChI=1S/C22H25N3O7/c1-25-18(14-10-12(29-2)6-8-23-14)16(21(27)31-4)20(26)17(22(28)32-5)19(25)15-11-13(30-3)7-9-24-15/h6-11,16,18-19,26H,1-5H3/t16-,18-,19-/m0/s1. The molecule has 0 fully saturated rings. The molecule has 2 aromatic heterocycles. The molecule has 3 rings (SSSR count). The van der Waals surface area contributed by atoms with Crippen molar-refractivity contribution < 1.29 is 33.6 Å². The average Bonchev–Trinajstić information content (AvgIpc) is 2.83. The number of aromatic nitrogens is 2. The molecule has 2 aromatic rings. The molecule has 3 heterocycles. The summed E-state index contributed by atoms with van der Waals surface area (Å²) in [6.45, 7) is 0. The Bertz CT molecular complexity index is 1040. The molecule has 1 N–H and O–H groups in total. The zero-order valence-corrected chi connectivity index (χ0v) is 18.4. The summed E-state index contributed by atoms with van der Waals surface area (Å²) in [5.41, 5.74) is 0.728. The number of pyridine rings is 2. The van der Waals surface area contributed by atoms with E-state index >= 15 is 0 Å². The van der Waals surface area contributed by atoms with Crippen molar-refractivity contribution in [3.8, 4) is 11.5 Å². The van der Waals surface area contributed by atoms with E-state index in [1.54, 1.807) is 36.2 Å². The number of carbonyl (C=O) groups is 2. The van der Waals surface area contributed by atoms with Gasteiger partial charge in [0.2, 0.25) is 0 Å². The maximum atomic E-state index is 12.8. The van der Waals surface area contributed by atoms with Gasteiger partial charge in [0.05, 0.1) is 57.5 Å². The number of aliphatic hydroxyl groups excluding tert-OH is 1. The first kappa shape index (κ1) is 23.0. The van der Waals surface area contributed by atoms with Gasteiger partial charge in [-0.1, -0.05) is 0 Å². The lowest BCUT2D eigenvalue weighted by atomic mass is 9.82. The third kappa shape index (κ3) is 4.09. The first-order valence-corrected chi connectivity index (χ1v) is 9.68. The highest BCUT2D eigenvalue weighted by atomic mass is 16.5. The van der Waals surface area contributed by atoms with Crippen LogP contribution in [0.1, 0.15) is 23.5 Å². The Labute approximate surface area is 185 Å². The maximum absolute atomic E-state index is 12.8. The molecule has 0 saturated carbocycles. The fourth-order valence-electron chi connectivity index (χ4n) is 3.91. The van der Waals surface area contributed by atoms with Crippen LogP contribution in [0.2, 0.25) is 0 Å². The van der Waals surface area contributed by atoms with E-state index in [2.05, 4.69) is 9.97 Å². The number of carbonyl (C=O) groups excluding carboxylic acids is 2. The molecule has 0 aromatic carbocycles. The van der Waals surface area contributed by atoms with Crippen LogP contribution in [-0.4, -0.2) is 67.4 Å². The van der Waals surface area contributed by atoms with Crippen LogP contribution >= 0.6 is 0 Å². The summed E-state index contributed by atoms with van der Waals surface area (Å²) in [5, 5.41) is 11.2. The fraction of sp³-hybridized carbons (Fsp3) is 0.364. The minimum absolute atomic E-state index is 0.120. The first-order valence-electron chi connectivity index (χ1n) is 9.68. The number of nitrogens with zero attached hydrogens (tertiary/aromatic N) is 3. The van der Waals surface area contributed by atoms with Gasteiger partial charge < -0.3 is 24.1 Å². The molecule has 0 amide bonds. The van der Waals surface area contributed by atoms with E-state index in [4.69, 9.17) is 18.9 Å². The fourth-order valence-corrected chi connectivity index (χ4v) is 3.91. The van der Waals surface area contributed by atoms with Gasteiger partial charge in [-0.15, -0.1) is 0 Å². The van der Waals surface area contributed by atoms with Gasteiger partial charge in [0.15, 0.2) is 0 Å². The van der Waals surface area contributed by atoms with Crippen LogP contribution in [0.25, 0.3) is 0 Å². The van der Waals surface area contributed by atoms with E-state index < -0.39 is 35.7 Å². The zero-order chi connectivity index (χ0) is 23.4. The van der Waals surface area contributed by atoms with Crippen molar-refractivity contribution in [2.75, 3.05) is 35.5 Å². The highest BCUT2D eigenvalue weighted by Gasteiger charge is 2.50. The monoisotopic (exact) mass is 443 g/mol. The van der Waals surface area contributed by atoms with Gasteiger partial charge in [0.25, 0.3) is 0 Å². The summed E-state index contributed by atoms with van der Waals surface area (Å²) < 4.78 is 20.5. The molecule has 0 bridgehead atoms. The number of methoxy groups -OCH3 is 4. The number of likely N-dealkylation sites (N-methyl/N-ethyl adjacent to an activating group) is 1. The van der Waals surface area contributed by atoms with Gasteiger partial charge in [0, 0.05) is 24.5 Å². The smallest absolute Gasteiger partial charge is 0.339 e. The van der Waals surface area contributed by atoms with Gasteiger partial charge in [-0.25, -0.2) is 4.79 Å². The highest BCUT2D eigenvalue weighted by Crippen LogP contribution is 2.47. The second-order valence-corrected chi connectivity index (χ2v) is 7.05. The second-order valence-electron chi connectivity index (χ2n) is 7.05. The summed E-state index contributed by atoms with van der Waals surface area (Å²) in [6.07, 6.45) is 3.06. The molecule has 10 heteroatoms. The summed E-state index contributed by atoms with van der Waals surface area (Å²) >= 11 is 0. The van der Waals surface area contributed by atoms with Crippen molar-refractivity contribution in [1.82, 2.24) is 14.9 Å². The van der Waals surface area contributed by atoms with E-state index in [1.165, 1.54) is 40.8 Å². The topological polar surface area (TPSA) is 120 Å². The van der Waals surface area contributed by atoms with E-state index in [0.717, 1.165) is 0 Å². The molecule has 3 atom stereocenters. The van der Waals surface area contributed by atoms with Crippen LogP contribution in [0.4, 0.5) is 0 Å². The minimum Gasteiger partial charge on any atom is -0.511 e. The number of ether oxygens (including phenoxy) is 4. The van der Waals surface area contributed by atoms with E-state index in [0.29, 0.717) is 22.9 Å². The Balaban J connectivity index is 2.28. The molecular weight excluding hydrogens is 418 g/mol. The van der Waals surface area contributed by atoms with Crippen LogP contribution in [0.5, 0.6) is 11.5 Å². The lowest BCUT2D eigenvalue weighted by molar-refractivity contribution is -0.149. The molecule has 0 spiro atoms. The van der Waals surface area contributed by atoms with Crippen molar-refractivity contribution >= 4 is 11.9 Å². The number of rotatable bonds is 6. The highest BCUT2D eigenvalue weighted by molar-refractivity contribution is 5.93. The Morgan fingerprint density at radius 1 is 0.938 bits per heavy atom. The normalized spacial score (nSPS) is 21.1. The SMILES string of the molecule is COC(=O)C1=C(O)[C@@H](C(=O)OC)[C@H](c2cc(OC)ccn2)N(C)[C@H]1c1cc(OC)ccn1. The Hall–Kier alpha value is -3.66. The third-order valence-corrected chi connectivity index (χ3v) is 5.43. The van der Waals surface area contributed by atoms with Crippen molar-refractivity contribution in [2.24, 2.45) is 5.92 Å². The molecule has 1 aliphatic heterocycles. The van der Waals surface area contributed by atoms with Crippen molar-refractivity contribution in [3.05, 3.63) is 59.4 Å². The summed E-state index contributed by atoms with van der Waals surface area (Å²) in [7, 11) is 7.12. The first-order chi connectivity index (χ1) is 15.4. The van der Waals surface area contributed by atoms with Crippen LogP contribution in [0, 0.1) is 5.92 Å². The number of esters is 2. The Kier molecular flexibility index (Phi) is 6.94. The molecule has 0 aliphatic carbocycles. The zero-order valence-electron chi connectivity index (χ0n) is 18.4. The summed E-state index contributed by atoms with van der Waals surface area (Å²) in [5.74, 6) is -2.20. The van der Waals surface area contributed by atoms with Crippen LogP contribution in [0.15, 0.2) is 48.0 Å². The molecule has 32 heavy (non-hydrogen) atoms. The largest absolute Gasteiger partial charge is 0.511 e. The molecule has 0 unspecified atom stereocenters. The maximum Gasteiger partial charge on any atom is 0.339 e. The van der Waals surface area contributed by atoms with Crippen molar-refractivity contribution in [1.29, 1.82) is 0 Å². The number of aliphatic hydroxyl groups is 1. The van der Waals surface area contributed by atoms with Crippen molar-refractivity contribution in [2.45, 2.75) is 12.1 Å². The Morgan fingerprint density at radius 3 is 2.03 bits per heavy atom. The van der Waals surface area contributed by atoms with Gasteiger partial charge in [-0.2, -0.15) is 0 Å². The lowest BCUT2D eigenvalue weighted by Crippen LogP contribution is -2.46. The molecule has 0 saturated heterocycles. The quantitative estimate of drug-likeness (QED) is 0.664. The van der Waals surface area contributed by atoms with E-state index in [-0.39, 0.29) is 5.57 Å². The average molecular weight is 443 g/mol. The minimum atomic E-state index is -1.24. The van der Waals surface area contributed by atoms with Gasteiger partial charge in [-0.05, 0) is 19.2 Å². The van der Waals surface area contributed by atoms with E-state index in [9.17, 15) is 14.7 Å². The van der Waals surface area contributed by atoms with Crippen molar-refractivity contribution in [3.63, 3.8) is 0 Å². The lowest BCUT2D eigenvalue weighted by Gasteiger charge is -2.42. The molecule has 10 nitrogen and oxygen atoms in total. The third-order valence-electron chi connectivity index (χ3n) is 5.43. The summed E-state index contributed by atoms with van der Waals surface area (Å²) in [4.78, 5) is 36.0. The van der Waals surface area contributed by atoms with Crippen LogP contribution < -0.4 is 9.47 Å². The predicted molar refractivity (Wildman–Crippen MR) is 112 cm³/mol. The molecule has 1 aliphatic rings. The van der Waals surface area contributed by atoms with Crippen LogP contribution in [0.3, 0.4) is 0 Å². The van der Waals surface area contributed by atoms with Gasteiger partial charge >= 0.3 is 11.9 Å². The van der Waals surface area contributed by atoms with E-state index in [1.807, 2.05) is 0 Å². The molecule has 0 radical (unpaired) electrons. The number of hydrogen-bond acceptors (Lipinski definition) is 10. The molecule has 170 valence electrons.